The number of hydrogen-bond acceptors (Lipinski definition) is 4. The van der Waals surface area contributed by atoms with Crippen LogP contribution in [0.4, 0.5) is 10.1 Å². The van der Waals surface area contributed by atoms with E-state index in [1.54, 1.807) is 25.1 Å². The zero-order valence-corrected chi connectivity index (χ0v) is 22.4. The lowest BCUT2D eigenvalue weighted by atomic mass is 10.1. The highest BCUT2D eigenvalue weighted by atomic mass is 35.5. The van der Waals surface area contributed by atoms with Gasteiger partial charge < -0.3 is 10.2 Å². The maximum Gasteiger partial charge on any atom is 0.244 e. The van der Waals surface area contributed by atoms with E-state index in [1.807, 2.05) is 13.8 Å². The molecule has 0 aromatic heterocycles. The fraction of sp³-hybridized carbons (Fsp3) is 0.417. The third-order valence-electron chi connectivity index (χ3n) is 5.58. The van der Waals surface area contributed by atoms with Gasteiger partial charge in [-0.1, -0.05) is 55.2 Å². The molecule has 7 nitrogen and oxygen atoms in total. The molecule has 0 heterocycles. The molecule has 0 aliphatic heterocycles. The molecule has 2 rings (SSSR count). The fourth-order valence-electron chi connectivity index (χ4n) is 3.46. The van der Waals surface area contributed by atoms with E-state index < -0.39 is 40.2 Å². The summed E-state index contributed by atoms with van der Waals surface area (Å²) < 4.78 is 40.2. The maximum absolute atomic E-state index is 14.5. The number of nitrogens with one attached hydrogen (secondary N) is 1. The average Bonchev–Trinajstić information content (AvgIpc) is 2.78. The van der Waals surface area contributed by atoms with E-state index in [-0.39, 0.29) is 24.7 Å². The molecule has 0 aliphatic carbocycles. The van der Waals surface area contributed by atoms with Crippen molar-refractivity contribution in [3.63, 3.8) is 0 Å². The zero-order chi connectivity index (χ0) is 26.3. The number of halogens is 3. The van der Waals surface area contributed by atoms with Crippen LogP contribution in [0, 0.1) is 5.82 Å². The van der Waals surface area contributed by atoms with E-state index in [9.17, 15) is 22.4 Å². The highest BCUT2D eigenvalue weighted by molar-refractivity contribution is 7.92. The maximum atomic E-state index is 14.5. The van der Waals surface area contributed by atoms with Crippen LogP contribution in [0.25, 0.3) is 0 Å². The van der Waals surface area contributed by atoms with Crippen LogP contribution in [-0.2, 0) is 26.2 Å². The summed E-state index contributed by atoms with van der Waals surface area (Å²) in [5.74, 6) is -1.90. The predicted octanol–water partition coefficient (Wildman–Crippen LogP) is 4.62. The van der Waals surface area contributed by atoms with Crippen molar-refractivity contribution in [2.24, 2.45) is 0 Å². The van der Waals surface area contributed by atoms with Gasteiger partial charge in [0, 0.05) is 28.2 Å². The molecule has 0 unspecified atom stereocenters. The monoisotopic (exact) mass is 545 g/mol. The quantitative estimate of drug-likeness (QED) is 0.446. The van der Waals surface area contributed by atoms with Gasteiger partial charge in [0.25, 0.3) is 0 Å². The molecule has 11 heteroatoms. The number of nitrogens with zero attached hydrogens (tertiary/aromatic N) is 2. The number of hydrogen-bond donors (Lipinski definition) is 1. The molecule has 1 N–H and O–H groups in total. The minimum atomic E-state index is -4.04. The van der Waals surface area contributed by atoms with E-state index in [0.29, 0.717) is 26.3 Å². The highest BCUT2D eigenvalue weighted by Gasteiger charge is 2.33. The zero-order valence-electron chi connectivity index (χ0n) is 20.1. The first-order chi connectivity index (χ1) is 16.4. The molecular weight excluding hydrogens is 516 g/mol. The molecule has 192 valence electrons. The van der Waals surface area contributed by atoms with Crippen LogP contribution in [0.1, 0.15) is 39.2 Å². The van der Waals surface area contributed by atoms with Crippen molar-refractivity contribution in [3.8, 4) is 0 Å². The van der Waals surface area contributed by atoms with Gasteiger partial charge in [0.2, 0.25) is 21.8 Å². The molecule has 2 atom stereocenters. The Bertz CT molecular complexity index is 1140. The van der Waals surface area contributed by atoms with Gasteiger partial charge in [-0.3, -0.25) is 13.9 Å². The van der Waals surface area contributed by atoms with Crippen LogP contribution >= 0.6 is 23.2 Å². The Labute approximate surface area is 216 Å². The van der Waals surface area contributed by atoms with Crippen LogP contribution in [0.3, 0.4) is 0 Å². The first-order valence-electron chi connectivity index (χ1n) is 11.2. The Morgan fingerprint density at radius 2 is 1.63 bits per heavy atom. The Hall–Kier alpha value is -2.36. The Kier molecular flexibility index (Phi) is 10.4. The van der Waals surface area contributed by atoms with Crippen molar-refractivity contribution >= 4 is 50.7 Å². The van der Waals surface area contributed by atoms with E-state index in [4.69, 9.17) is 23.2 Å². The normalized spacial score (nSPS) is 13.1. The predicted molar refractivity (Wildman–Crippen MR) is 138 cm³/mol. The number of amides is 2. The lowest BCUT2D eigenvalue weighted by molar-refractivity contribution is -0.140. The van der Waals surface area contributed by atoms with Crippen molar-refractivity contribution < 1.29 is 22.4 Å². The number of rotatable bonds is 11. The highest BCUT2D eigenvalue weighted by Crippen LogP contribution is 2.28. The van der Waals surface area contributed by atoms with Gasteiger partial charge in [0.15, 0.2) is 0 Å². The third-order valence-corrected chi connectivity index (χ3v) is 7.41. The molecule has 0 fully saturated rings. The summed E-state index contributed by atoms with van der Waals surface area (Å²) in [6.45, 7) is 4.64. The summed E-state index contributed by atoms with van der Waals surface area (Å²) in [4.78, 5) is 27.9. The van der Waals surface area contributed by atoms with Crippen molar-refractivity contribution in [2.45, 2.75) is 52.2 Å². The van der Waals surface area contributed by atoms with Crippen LogP contribution in [0.15, 0.2) is 42.5 Å². The van der Waals surface area contributed by atoms with Crippen LogP contribution in [0.2, 0.25) is 10.0 Å². The number of benzene rings is 2. The molecule has 2 amide bonds. The van der Waals surface area contributed by atoms with Crippen LogP contribution < -0.4 is 9.62 Å². The summed E-state index contributed by atoms with van der Waals surface area (Å²) in [5.41, 5.74) is 0.145. The molecule has 0 aliphatic rings. The van der Waals surface area contributed by atoms with Crippen LogP contribution in [-0.4, -0.2) is 50.0 Å². The average molecular weight is 546 g/mol. The SMILES string of the molecule is CC[C@H](C(=O)N[C@@H](C)CC)N(Cc1c(Cl)cccc1Cl)C(=O)CN(c1ccccc1F)S(C)(=O)=O. The second-order valence-corrected chi connectivity index (χ2v) is 10.9. The standard InChI is InChI=1S/C24H30Cl2FN3O4S/c1-5-16(3)28-24(32)21(6-2)29(14-17-18(25)10-9-11-19(17)26)23(31)15-30(35(4,33)34)22-13-8-7-12-20(22)27/h7-13,16,21H,5-6,14-15H2,1-4H3,(H,28,32)/t16-,21+/m0/s1. The smallest absolute Gasteiger partial charge is 0.244 e. The first kappa shape index (κ1) is 28.9. The Balaban J connectivity index is 2.52. The Morgan fingerprint density at radius 3 is 2.14 bits per heavy atom. The lowest BCUT2D eigenvalue weighted by Crippen LogP contribution is -2.53. The van der Waals surface area contributed by atoms with Crippen molar-refractivity contribution in [1.82, 2.24) is 10.2 Å². The third kappa shape index (κ3) is 7.56. The number of carbonyl (C=O) groups is 2. The summed E-state index contributed by atoms with van der Waals surface area (Å²) in [6, 6.07) is 9.04. The molecule has 0 bridgehead atoms. The van der Waals surface area contributed by atoms with Gasteiger partial charge in [-0.05, 0) is 44.0 Å². The topological polar surface area (TPSA) is 86.8 Å². The summed E-state index contributed by atoms with van der Waals surface area (Å²) >= 11 is 12.7. The second-order valence-electron chi connectivity index (χ2n) is 8.18. The second kappa shape index (κ2) is 12.6. The molecule has 2 aromatic rings. The van der Waals surface area contributed by atoms with E-state index >= 15 is 0 Å². The van der Waals surface area contributed by atoms with Crippen molar-refractivity contribution in [3.05, 3.63) is 63.9 Å². The summed E-state index contributed by atoms with van der Waals surface area (Å²) in [5, 5.41) is 3.45. The minimum absolute atomic E-state index is 0.136. The minimum Gasteiger partial charge on any atom is -0.352 e. The molecule has 2 aromatic carbocycles. The number of anilines is 1. The molecule has 0 radical (unpaired) electrons. The molecule has 35 heavy (non-hydrogen) atoms. The molecular formula is C24H30Cl2FN3O4S. The number of para-hydroxylation sites is 1. The van der Waals surface area contributed by atoms with Crippen molar-refractivity contribution in [1.29, 1.82) is 0 Å². The summed E-state index contributed by atoms with van der Waals surface area (Å²) in [7, 11) is -4.04. The van der Waals surface area contributed by atoms with Gasteiger partial charge in [-0.2, -0.15) is 0 Å². The van der Waals surface area contributed by atoms with Gasteiger partial charge in [-0.25, -0.2) is 12.8 Å². The van der Waals surface area contributed by atoms with Gasteiger partial charge in [0.05, 0.1) is 11.9 Å². The fourth-order valence-corrected chi connectivity index (χ4v) is 4.83. The molecule has 0 saturated heterocycles. The van der Waals surface area contributed by atoms with E-state index in [0.717, 1.165) is 12.3 Å². The van der Waals surface area contributed by atoms with E-state index in [1.165, 1.54) is 23.1 Å². The summed E-state index contributed by atoms with van der Waals surface area (Å²) in [6.07, 6.45) is 1.81. The van der Waals surface area contributed by atoms with Crippen molar-refractivity contribution in [2.75, 3.05) is 17.1 Å². The van der Waals surface area contributed by atoms with Gasteiger partial charge >= 0.3 is 0 Å². The first-order valence-corrected chi connectivity index (χ1v) is 13.8. The Morgan fingerprint density at radius 1 is 1.03 bits per heavy atom. The van der Waals surface area contributed by atoms with Gasteiger partial charge in [0.1, 0.15) is 18.4 Å². The van der Waals surface area contributed by atoms with E-state index in [2.05, 4.69) is 5.32 Å². The largest absolute Gasteiger partial charge is 0.352 e. The number of sulfonamides is 1. The molecule has 0 spiro atoms. The lowest BCUT2D eigenvalue weighted by Gasteiger charge is -2.33. The van der Waals surface area contributed by atoms with Crippen LogP contribution in [0.5, 0.6) is 0 Å². The molecule has 0 saturated carbocycles. The number of carbonyl (C=O) groups excluding carboxylic acids is 2. The van der Waals surface area contributed by atoms with Gasteiger partial charge in [-0.15, -0.1) is 0 Å².